The molecule has 0 spiro atoms. The summed E-state index contributed by atoms with van der Waals surface area (Å²) in [6.07, 6.45) is 0. The van der Waals surface area contributed by atoms with E-state index in [9.17, 15) is 5.26 Å². The lowest BCUT2D eigenvalue weighted by atomic mass is 10.1. The van der Waals surface area contributed by atoms with Crippen molar-refractivity contribution in [1.29, 1.82) is 5.26 Å². The first-order valence-corrected chi connectivity index (χ1v) is 8.18. The SMILES string of the molecule is Cc1ccc(-c2nc(C#N)c(Sc3ccc(Br)cc3)o2)cc1. The summed E-state index contributed by atoms with van der Waals surface area (Å²) in [5, 5.41) is 9.77. The van der Waals surface area contributed by atoms with E-state index in [1.54, 1.807) is 0 Å². The van der Waals surface area contributed by atoms with Gasteiger partial charge in [-0.2, -0.15) is 10.2 Å². The fourth-order valence-corrected chi connectivity index (χ4v) is 2.93. The van der Waals surface area contributed by atoms with Gasteiger partial charge >= 0.3 is 0 Å². The Morgan fingerprint density at radius 3 is 2.41 bits per heavy atom. The number of rotatable bonds is 3. The lowest BCUT2D eigenvalue weighted by Gasteiger charge is -1.98. The van der Waals surface area contributed by atoms with Crippen LogP contribution in [0.1, 0.15) is 11.3 Å². The third-order valence-corrected chi connectivity index (χ3v) is 4.52. The van der Waals surface area contributed by atoms with Gasteiger partial charge < -0.3 is 4.42 Å². The van der Waals surface area contributed by atoms with Gasteiger partial charge in [0, 0.05) is 14.9 Å². The second-order valence-electron chi connectivity index (χ2n) is 4.69. The quantitative estimate of drug-likeness (QED) is 0.616. The van der Waals surface area contributed by atoms with Crippen molar-refractivity contribution in [3.8, 4) is 17.5 Å². The van der Waals surface area contributed by atoms with E-state index in [0.29, 0.717) is 16.7 Å². The molecule has 0 saturated heterocycles. The van der Waals surface area contributed by atoms with Crippen molar-refractivity contribution >= 4 is 27.7 Å². The van der Waals surface area contributed by atoms with Crippen molar-refractivity contribution in [2.45, 2.75) is 16.9 Å². The number of nitrogens with zero attached hydrogens (tertiary/aromatic N) is 2. The largest absolute Gasteiger partial charge is 0.428 e. The second-order valence-corrected chi connectivity index (χ2v) is 6.65. The number of benzene rings is 2. The molecule has 22 heavy (non-hydrogen) atoms. The number of hydrogen-bond donors (Lipinski definition) is 0. The van der Waals surface area contributed by atoms with Gasteiger partial charge in [-0.15, -0.1) is 0 Å². The Kier molecular flexibility index (Phi) is 4.32. The molecule has 3 nitrogen and oxygen atoms in total. The summed E-state index contributed by atoms with van der Waals surface area (Å²) in [5.41, 5.74) is 2.34. The number of aryl methyl sites for hydroxylation is 1. The third-order valence-electron chi connectivity index (χ3n) is 3.02. The van der Waals surface area contributed by atoms with Crippen LogP contribution in [0.3, 0.4) is 0 Å². The van der Waals surface area contributed by atoms with Gasteiger partial charge in [-0.25, -0.2) is 0 Å². The van der Waals surface area contributed by atoms with Gasteiger partial charge in [0.1, 0.15) is 6.07 Å². The smallest absolute Gasteiger partial charge is 0.228 e. The van der Waals surface area contributed by atoms with E-state index in [4.69, 9.17) is 4.42 Å². The van der Waals surface area contributed by atoms with Gasteiger partial charge in [-0.1, -0.05) is 33.6 Å². The highest BCUT2D eigenvalue weighted by Crippen LogP contribution is 2.34. The molecule has 0 aliphatic heterocycles. The van der Waals surface area contributed by atoms with E-state index in [1.165, 1.54) is 17.3 Å². The van der Waals surface area contributed by atoms with Crippen molar-refractivity contribution < 1.29 is 4.42 Å². The maximum absolute atomic E-state index is 9.25. The zero-order chi connectivity index (χ0) is 15.5. The summed E-state index contributed by atoms with van der Waals surface area (Å²) in [4.78, 5) is 5.28. The molecule has 0 aliphatic rings. The van der Waals surface area contributed by atoms with Crippen molar-refractivity contribution in [2.75, 3.05) is 0 Å². The van der Waals surface area contributed by atoms with E-state index in [0.717, 1.165) is 14.9 Å². The summed E-state index contributed by atoms with van der Waals surface area (Å²) in [7, 11) is 0. The molecule has 0 saturated carbocycles. The lowest BCUT2D eigenvalue weighted by Crippen LogP contribution is -1.79. The van der Waals surface area contributed by atoms with Crippen molar-refractivity contribution in [1.82, 2.24) is 4.98 Å². The van der Waals surface area contributed by atoms with Gasteiger partial charge in [0.25, 0.3) is 0 Å². The monoisotopic (exact) mass is 370 g/mol. The molecular weight excluding hydrogens is 360 g/mol. The standard InChI is InChI=1S/C17H11BrN2OS/c1-11-2-4-12(5-3-11)16-20-15(10-19)17(21-16)22-14-8-6-13(18)7-9-14/h2-9H,1H3. The summed E-state index contributed by atoms with van der Waals surface area (Å²) in [6, 6.07) is 17.8. The highest BCUT2D eigenvalue weighted by molar-refractivity contribution is 9.10. The number of aromatic nitrogens is 1. The number of oxazole rings is 1. The highest BCUT2D eigenvalue weighted by Gasteiger charge is 2.15. The first-order valence-electron chi connectivity index (χ1n) is 6.57. The van der Waals surface area contributed by atoms with E-state index in [2.05, 4.69) is 27.0 Å². The van der Waals surface area contributed by atoms with Crippen molar-refractivity contribution in [2.24, 2.45) is 0 Å². The Hall–Kier alpha value is -2.03. The van der Waals surface area contributed by atoms with Crippen LogP contribution in [0.25, 0.3) is 11.5 Å². The van der Waals surface area contributed by atoms with Gasteiger partial charge in [-0.05, 0) is 55.1 Å². The van der Waals surface area contributed by atoms with E-state index >= 15 is 0 Å². The van der Waals surface area contributed by atoms with E-state index in [1.807, 2.05) is 55.5 Å². The molecule has 0 aliphatic carbocycles. The Balaban J connectivity index is 1.93. The molecule has 0 N–H and O–H groups in total. The van der Waals surface area contributed by atoms with E-state index < -0.39 is 0 Å². The summed E-state index contributed by atoms with van der Waals surface area (Å²) in [6.45, 7) is 2.02. The Bertz CT molecular complexity index is 833. The minimum atomic E-state index is 0.309. The first-order chi connectivity index (χ1) is 10.7. The molecule has 0 bridgehead atoms. The molecule has 0 fully saturated rings. The predicted molar refractivity (Wildman–Crippen MR) is 89.7 cm³/mol. The fourth-order valence-electron chi connectivity index (χ4n) is 1.88. The molecule has 108 valence electrons. The highest BCUT2D eigenvalue weighted by atomic mass is 79.9. The first kappa shape index (κ1) is 14.9. The molecule has 0 radical (unpaired) electrons. The minimum Gasteiger partial charge on any atom is -0.428 e. The summed E-state index contributed by atoms with van der Waals surface area (Å²) < 4.78 is 6.79. The lowest BCUT2D eigenvalue weighted by molar-refractivity contribution is 0.483. The molecule has 1 heterocycles. The average molecular weight is 371 g/mol. The van der Waals surface area contributed by atoms with Crippen molar-refractivity contribution in [3.05, 3.63) is 64.3 Å². The number of halogens is 1. The van der Waals surface area contributed by atoms with Gasteiger partial charge in [0.2, 0.25) is 11.0 Å². The topological polar surface area (TPSA) is 49.8 Å². The molecular formula is C17H11BrN2OS. The zero-order valence-corrected chi connectivity index (χ0v) is 14.1. The van der Waals surface area contributed by atoms with Crippen LogP contribution in [0.5, 0.6) is 0 Å². The molecule has 2 aromatic carbocycles. The molecule has 0 unspecified atom stereocenters. The van der Waals surface area contributed by atoms with Gasteiger partial charge in [-0.3, -0.25) is 0 Å². The van der Waals surface area contributed by atoms with Crippen molar-refractivity contribution in [3.63, 3.8) is 0 Å². The Morgan fingerprint density at radius 1 is 1.09 bits per heavy atom. The van der Waals surface area contributed by atoms with Crippen LogP contribution < -0.4 is 0 Å². The van der Waals surface area contributed by atoms with Crippen LogP contribution in [0.2, 0.25) is 0 Å². The normalized spacial score (nSPS) is 10.4. The number of hydrogen-bond acceptors (Lipinski definition) is 4. The fraction of sp³-hybridized carbons (Fsp3) is 0.0588. The molecule has 3 rings (SSSR count). The van der Waals surface area contributed by atoms with Gasteiger partial charge in [0.05, 0.1) is 0 Å². The van der Waals surface area contributed by atoms with Crippen LogP contribution >= 0.6 is 27.7 Å². The summed E-state index contributed by atoms with van der Waals surface area (Å²) in [5.74, 6) is 0.469. The predicted octanol–water partition coefficient (Wildman–Crippen LogP) is 5.44. The number of nitriles is 1. The molecule has 1 aromatic heterocycles. The molecule has 3 aromatic rings. The van der Waals surface area contributed by atoms with Crippen LogP contribution in [0.15, 0.2) is 67.4 Å². The second kappa shape index (κ2) is 6.39. The van der Waals surface area contributed by atoms with Crippen LogP contribution in [0, 0.1) is 18.3 Å². The molecule has 0 atom stereocenters. The maximum Gasteiger partial charge on any atom is 0.228 e. The van der Waals surface area contributed by atoms with Crippen LogP contribution in [-0.2, 0) is 0 Å². The van der Waals surface area contributed by atoms with E-state index in [-0.39, 0.29) is 0 Å². The Morgan fingerprint density at radius 2 is 1.77 bits per heavy atom. The third kappa shape index (κ3) is 3.24. The molecule has 0 amide bonds. The Labute approximate surface area is 141 Å². The average Bonchev–Trinajstić information content (AvgIpc) is 2.93. The summed E-state index contributed by atoms with van der Waals surface area (Å²) >= 11 is 4.80. The van der Waals surface area contributed by atoms with Gasteiger partial charge in [0.15, 0.2) is 5.69 Å². The zero-order valence-electron chi connectivity index (χ0n) is 11.7. The minimum absolute atomic E-state index is 0.309. The van der Waals surface area contributed by atoms with Crippen LogP contribution in [0.4, 0.5) is 0 Å². The molecule has 5 heteroatoms. The maximum atomic E-state index is 9.25. The van der Waals surface area contributed by atoms with Crippen LogP contribution in [-0.4, -0.2) is 4.98 Å².